The molecule has 4 heteroatoms. The highest BCUT2D eigenvalue weighted by molar-refractivity contribution is 6.32. The van der Waals surface area contributed by atoms with Crippen LogP contribution in [0.3, 0.4) is 0 Å². The average molecular weight is 261 g/mol. The number of hydrogen-bond donors (Lipinski definition) is 0. The second-order valence-corrected chi connectivity index (χ2v) is 5.21. The second-order valence-electron chi connectivity index (χ2n) is 4.80. The van der Waals surface area contributed by atoms with E-state index in [9.17, 15) is 4.79 Å². The molecule has 1 atom stereocenters. The van der Waals surface area contributed by atoms with Crippen molar-refractivity contribution in [3.63, 3.8) is 0 Å². The molecule has 1 aliphatic carbocycles. The van der Waals surface area contributed by atoms with Crippen molar-refractivity contribution in [3.05, 3.63) is 46.7 Å². The molecule has 0 N–H and O–H groups in total. The summed E-state index contributed by atoms with van der Waals surface area (Å²) in [5.41, 5.74) is 2.56. The molecule has 1 aliphatic rings. The van der Waals surface area contributed by atoms with Gasteiger partial charge in [0.2, 0.25) is 0 Å². The number of rotatable bonds is 1. The zero-order valence-electron chi connectivity index (χ0n) is 10.1. The maximum Gasteiger partial charge on any atom is 0.166 e. The van der Waals surface area contributed by atoms with Crippen molar-refractivity contribution < 1.29 is 4.79 Å². The fourth-order valence-electron chi connectivity index (χ4n) is 2.46. The number of nitrogens with zero attached hydrogens (tertiary/aromatic N) is 2. The Morgan fingerprint density at radius 3 is 2.89 bits per heavy atom. The van der Waals surface area contributed by atoms with Crippen LogP contribution in [0, 0.1) is 5.92 Å². The Morgan fingerprint density at radius 1 is 1.33 bits per heavy atom. The van der Waals surface area contributed by atoms with Crippen molar-refractivity contribution >= 4 is 17.4 Å². The van der Waals surface area contributed by atoms with E-state index in [0.29, 0.717) is 17.4 Å². The van der Waals surface area contributed by atoms with Crippen LogP contribution in [-0.2, 0) is 6.42 Å². The summed E-state index contributed by atoms with van der Waals surface area (Å²) >= 11 is 6.19. The van der Waals surface area contributed by atoms with E-state index in [4.69, 9.17) is 11.6 Å². The third-order valence-corrected chi connectivity index (χ3v) is 3.65. The maximum atomic E-state index is 11.9. The van der Waals surface area contributed by atoms with E-state index in [0.717, 1.165) is 23.4 Å². The van der Waals surface area contributed by atoms with Crippen molar-refractivity contribution in [1.82, 2.24) is 9.78 Å². The molecule has 0 fully saturated rings. The Morgan fingerprint density at radius 2 is 2.11 bits per heavy atom. The number of para-hydroxylation sites is 1. The van der Waals surface area contributed by atoms with Gasteiger partial charge in [-0.25, -0.2) is 4.68 Å². The highest BCUT2D eigenvalue weighted by Crippen LogP contribution is 2.29. The first kappa shape index (κ1) is 11.5. The number of carbonyl (C=O) groups is 1. The fraction of sp³-hybridized carbons (Fsp3) is 0.286. The number of carbonyl (C=O) groups excluding carboxylic acids is 1. The molecule has 3 nitrogen and oxygen atoms in total. The first-order chi connectivity index (χ1) is 8.66. The smallest absolute Gasteiger partial charge is 0.166 e. The van der Waals surface area contributed by atoms with Gasteiger partial charge in [0, 0.05) is 6.42 Å². The molecular weight excluding hydrogens is 248 g/mol. The number of benzene rings is 1. The minimum absolute atomic E-state index is 0.182. The van der Waals surface area contributed by atoms with Gasteiger partial charge in [-0.1, -0.05) is 30.7 Å². The lowest BCUT2D eigenvalue weighted by atomic mass is 9.88. The van der Waals surface area contributed by atoms with Gasteiger partial charge in [0.05, 0.1) is 28.2 Å². The predicted molar refractivity (Wildman–Crippen MR) is 70.4 cm³/mol. The fourth-order valence-corrected chi connectivity index (χ4v) is 2.68. The van der Waals surface area contributed by atoms with E-state index in [1.165, 1.54) is 0 Å². The molecule has 1 aromatic carbocycles. The monoisotopic (exact) mass is 260 g/mol. The molecule has 92 valence electrons. The Kier molecular flexibility index (Phi) is 2.71. The number of ketones is 1. The van der Waals surface area contributed by atoms with E-state index < -0.39 is 0 Å². The van der Waals surface area contributed by atoms with E-state index in [2.05, 4.69) is 12.0 Å². The maximum absolute atomic E-state index is 11.9. The van der Waals surface area contributed by atoms with Crippen LogP contribution in [0.15, 0.2) is 30.5 Å². The van der Waals surface area contributed by atoms with Crippen LogP contribution in [0.5, 0.6) is 0 Å². The normalized spacial score (nSPS) is 18.8. The van der Waals surface area contributed by atoms with Crippen LogP contribution < -0.4 is 0 Å². The molecule has 2 aromatic rings. The molecule has 0 radical (unpaired) electrons. The van der Waals surface area contributed by atoms with Gasteiger partial charge in [-0.3, -0.25) is 4.79 Å². The molecule has 0 saturated carbocycles. The van der Waals surface area contributed by atoms with Gasteiger partial charge >= 0.3 is 0 Å². The first-order valence-electron chi connectivity index (χ1n) is 6.02. The summed E-state index contributed by atoms with van der Waals surface area (Å²) in [7, 11) is 0. The van der Waals surface area contributed by atoms with Gasteiger partial charge in [0.15, 0.2) is 5.78 Å². The molecule has 0 amide bonds. The third-order valence-electron chi connectivity index (χ3n) is 3.33. The van der Waals surface area contributed by atoms with Gasteiger partial charge in [0.1, 0.15) is 0 Å². The average Bonchev–Trinajstić information content (AvgIpc) is 2.73. The van der Waals surface area contributed by atoms with Gasteiger partial charge in [-0.05, 0) is 24.5 Å². The van der Waals surface area contributed by atoms with Gasteiger partial charge in [0.25, 0.3) is 0 Å². The number of halogens is 1. The Labute approximate surface area is 110 Å². The lowest BCUT2D eigenvalue weighted by molar-refractivity contribution is 0.0952. The lowest BCUT2D eigenvalue weighted by Gasteiger charge is -2.19. The molecule has 0 aliphatic heterocycles. The molecule has 0 unspecified atom stereocenters. The molecular formula is C14H13ClN2O. The summed E-state index contributed by atoms with van der Waals surface area (Å²) in [5, 5.41) is 4.97. The van der Waals surface area contributed by atoms with Gasteiger partial charge in [-0.2, -0.15) is 5.10 Å². The van der Waals surface area contributed by atoms with Crippen LogP contribution in [0.2, 0.25) is 5.02 Å². The minimum atomic E-state index is 0.182. The largest absolute Gasteiger partial charge is 0.294 e. The summed E-state index contributed by atoms with van der Waals surface area (Å²) in [5.74, 6) is 0.546. The Hall–Kier alpha value is -1.61. The van der Waals surface area contributed by atoms with Crippen LogP contribution >= 0.6 is 11.6 Å². The highest BCUT2D eigenvalue weighted by atomic mass is 35.5. The molecule has 3 rings (SSSR count). The number of Topliss-reactive ketones (excluding diaryl/α,β-unsaturated/α-hetero) is 1. The number of aromatic nitrogens is 2. The summed E-state index contributed by atoms with van der Waals surface area (Å²) in [6, 6.07) is 7.55. The Bertz CT molecular complexity index is 618. The Balaban J connectivity index is 2.16. The SMILES string of the molecule is C[C@H]1CC(=O)c2cnn(-c3ccccc3Cl)c2C1. The van der Waals surface area contributed by atoms with Gasteiger partial charge < -0.3 is 0 Å². The van der Waals surface area contributed by atoms with Crippen molar-refractivity contribution in [1.29, 1.82) is 0 Å². The third kappa shape index (κ3) is 1.75. The van der Waals surface area contributed by atoms with Gasteiger partial charge in [-0.15, -0.1) is 0 Å². The molecule has 1 aromatic heterocycles. The summed E-state index contributed by atoms with van der Waals surface area (Å²) in [6.07, 6.45) is 3.14. The first-order valence-corrected chi connectivity index (χ1v) is 6.39. The molecule has 0 bridgehead atoms. The van der Waals surface area contributed by atoms with Crippen LogP contribution in [-0.4, -0.2) is 15.6 Å². The van der Waals surface area contributed by atoms with Crippen molar-refractivity contribution in [2.75, 3.05) is 0 Å². The van der Waals surface area contributed by atoms with Crippen LogP contribution in [0.4, 0.5) is 0 Å². The standard InChI is InChI=1S/C14H13ClN2O/c1-9-6-13-10(14(18)7-9)8-16-17(13)12-5-3-2-4-11(12)15/h2-5,8-9H,6-7H2,1H3/t9-/m1/s1. The molecule has 0 spiro atoms. The lowest BCUT2D eigenvalue weighted by Crippen LogP contribution is -2.19. The number of hydrogen-bond acceptors (Lipinski definition) is 2. The summed E-state index contributed by atoms with van der Waals surface area (Å²) in [4.78, 5) is 11.9. The number of fused-ring (bicyclic) bond motifs is 1. The predicted octanol–water partition coefficient (Wildman–Crippen LogP) is 3.29. The summed E-state index contributed by atoms with van der Waals surface area (Å²) < 4.78 is 1.80. The van der Waals surface area contributed by atoms with E-state index in [-0.39, 0.29) is 5.78 Å². The highest BCUT2D eigenvalue weighted by Gasteiger charge is 2.27. The van der Waals surface area contributed by atoms with Crippen LogP contribution in [0.1, 0.15) is 29.4 Å². The zero-order valence-corrected chi connectivity index (χ0v) is 10.8. The minimum Gasteiger partial charge on any atom is -0.294 e. The van der Waals surface area contributed by atoms with Crippen LogP contribution in [0.25, 0.3) is 5.69 Å². The van der Waals surface area contributed by atoms with Crippen molar-refractivity contribution in [3.8, 4) is 5.69 Å². The summed E-state index contributed by atoms with van der Waals surface area (Å²) in [6.45, 7) is 2.09. The molecule has 0 saturated heterocycles. The topological polar surface area (TPSA) is 34.9 Å². The quantitative estimate of drug-likeness (QED) is 0.789. The van der Waals surface area contributed by atoms with E-state index in [1.54, 1.807) is 10.9 Å². The van der Waals surface area contributed by atoms with Crippen molar-refractivity contribution in [2.45, 2.75) is 19.8 Å². The molecule has 1 heterocycles. The van der Waals surface area contributed by atoms with E-state index >= 15 is 0 Å². The zero-order chi connectivity index (χ0) is 12.7. The van der Waals surface area contributed by atoms with E-state index in [1.807, 2.05) is 24.3 Å². The van der Waals surface area contributed by atoms with Crippen molar-refractivity contribution in [2.24, 2.45) is 5.92 Å². The second kappa shape index (κ2) is 4.25. The molecule has 18 heavy (non-hydrogen) atoms.